The molecule has 2 aromatic rings. The number of ether oxygens (including phenoxy) is 1. The number of aryl methyl sites for hydroxylation is 1. The minimum atomic E-state index is -2.92. The van der Waals surface area contributed by atoms with E-state index < -0.39 is 18.3 Å². The van der Waals surface area contributed by atoms with Crippen LogP contribution < -0.4 is 10.1 Å². The van der Waals surface area contributed by atoms with Gasteiger partial charge in [0.05, 0.1) is 0 Å². The zero-order chi connectivity index (χ0) is 15.4. The molecular formula is C15H12F3NO2. The molecule has 3 nitrogen and oxygen atoms in total. The Balaban J connectivity index is 2.11. The van der Waals surface area contributed by atoms with E-state index >= 15 is 0 Å². The van der Waals surface area contributed by atoms with E-state index in [0.717, 1.165) is 0 Å². The second-order valence-corrected chi connectivity index (χ2v) is 4.32. The van der Waals surface area contributed by atoms with Crippen LogP contribution in [0.15, 0.2) is 42.5 Å². The maximum absolute atomic E-state index is 13.1. The standard InChI is InChI=1S/C15H12F3NO2/c1-9-2-5-11(16)8-13(9)19-14(20)10-3-6-12(7-4-10)21-15(17)18/h2-8,15H,1H3,(H,19,20). The summed E-state index contributed by atoms with van der Waals surface area (Å²) in [5.41, 5.74) is 1.32. The number of alkyl halides is 2. The Morgan fingerprint density at radius 3 is 2.43 bits per heavy atom. The molecule has 0 radical (unpaired) electrons. The summed E-state index contributed by atoms with van der Waals surface area (Å²) in [6.07, 6.45) is 0. The van der Waals surface area contributed by atoms with Crippen LogP contribution in [0.1, 0.15) is 15.9 Å². The van der Waals surface area contributed by atoms with Gasteiger partial charge in [-0.3, -0.25) is 4.79 Å². The normalized spacial score (nSPS) is 10.5. The van der Waals surface area contributed by atoms with Crippen molar-refractivity contribution in [3.8, 4) is 5.75 Å². The Kier molecular flexibility index (Phi) is 4.47. The minimum absolute atomic E-state index is 0.0384. The third-order valence-electron chi connectivity index (χ3n) is 2.79. The molecule has 2 rings (SSSR count). The molecule has 0 aromatic heterocycles. The summed E-state index contributed by atoms with van der Waals surface area (Å²) in [4.78, 5) is 12.0. The highest BCUT2D eigenvalue weighted by Gasteiger charge is 2.10. The SMILES string of the molecule is Cc1ccc(F)cc1NC(=O)c1ccc(OC(F)F)cc1. The average molecular weight is 295 g/mol. The molecule has 0 spiro atoms. The van der Waals surface area contributed by atoms with E-state index in [2.05, 4.69) is 10.1 Å². The van der Waals surface area contributed by atoms with Gasteiger partial charge < -0.3 is 10.1 Å². The summed E-state index contributed by atoms with van der Waals surface area (Å²) in [5, 5.41) is 2.56. The van der Waals surface area contributed by atoms with Crippen LogP contribution in [0.2, 0.25) is 0 Å². The number of halogens is 3. The summed E-state index contributed by atoms with van der Waals surface area (Å²) in [6, 6.07) is 9.27. The summed E-state index contributed by atoms with van der Waals surface area (Å²) < 4.78 is 41.3. The molecular weight excluding hydrogens is 283 g/mol. The highest BCUT2D eigenvalue weighted by molar-refractivity contribution is 6.04. The fraction of sp³-hybridized carbons (Fsp3) is 0.133. The lowest BCUT2D eigenvalue weighted by Gasteiger charge is -2.09. The molecule has 110 valence electrons. The smallest absolute Gasteiger partial charge is 0.387 e. The number of benzene rings is 2. The molecule has 0 atom stereocenters. The maximum Gasteiger partial charge on any atom is 0.387 e. The van der Waals surface area contributed by atoms with Crippen molar-refractivity contribution in [1.82, 2.24) is 0 Å². The molecule has 21 heavy (non-hydrogen) atoms. The number of nitrogens with one attached hydrogen (secondary N) is 1. The van der Waals surface area contributed by atoms with Gasteiger partial charge in [-0.05, 0) is 48.9 Å². The maximum atomic E-state index is 13.1. The molecule has 6 heteroatoms. The van der Waals surface area contributed by atoms with Crippen LogP contribution in [0, 0.1) is 12.7 Å². The third-order valence-corrected chi connectivity index (χ3v) is 2.79. The second kappa shape index (κ2) is 6.30. The number of hydrogen-bond donors (Lipinski definition) is 1. The van der Waals surface area contributed by atoms with Gasteiger partial charge in [0.2, 0.25) is 0 Å². The summed E-state index contributed by atoms with van der Waals surface area (Å²) in [5.74, 6) is -0.965. The minimum Gasteiger partial charge on any atom is -0.435 e. The number of rotatable bonds is 4. The molecule has 0 aliphatic heterocycles. The third kappa shape index (κ3) is 3.98. The fourth-order valence-electron chi connectivity index (χ4n) is 1.71. The van der Waals surface area contributed by atoms with E-state index in [0.29, 0.717) is 11.3 Å². The Morgan fingerprint density at radius 1 is 1.14 bits per heavy atom. The fourth-order valence-corrected chi connectivity index (χ4v) is 1.71. The van der Waals surface area contributed by atoms with Crippen LogP contribution >= 0.6 is 0 Å². The molecule has 0 aliphatic rings. The van der Waals surface area contributed by atoms with Gasteiger partial charge in [-0.15, -0.1) is 0 Å². The lowest BCUT2D eigenvalue weighted by Crippen LogP contribution is -2.13. The van der Waals surface area contributed by atoms with Crippen LogP contribution in [-0.4, -0.2) is 12.5 Å². The predicted octanol–water partition coefficient (Wildman–Crippen LogP) is 3.99. The van der Waals surface area contributed by atoms with E-state index in [1.165, 1.54) is 36.4 Å². The number of amides is 1. The van der Waals surface area contributed by atoms with Crippen molar-refractivity contribution in [1.29, 1.82) is 0 Å². The second-order valence-electron chi connectivity index (χ2n) is 4.32. The van der Waals surface area contributed by atoms with Gasteiger partial charge >= 0.3 is 6.61 Å². The Morgan fingerprint density at radius 2 is 1.81 bits per heavy atom. The molecule has 0 saturated carbocycles. The van der Waals surface area contributed by atoms with Crippen LogP contribution in [-0.2, 0) is 0 Å². The average Bonchev–Trinajstić information content (AvgIpc) is 2.43. The molecule has 0 fully saturated rings. The number of carbonyl (C=O) groups is 1. The summed E-state index contributed by atoms with van der Waals surface area (Å²) in [7, 11) is 0. The largest absolute Gasteiger partial charge is 0.435 e. The predicted molar refractivity (Wildman–Crippen MR) is 72.2 cm³/mol. The Hall–Kier alpha value is -2.50. The zero-order valence-corrected chi connectivity index (χ0v) is 11.1. The first kappa shape index (κ1) is 14.9. The van der Waals surface area contributed by atoms with Crippen molar-refractivity contribution in [2.75, 3.05) is 5.32 Å². The first-order valence-electron chi connectivity index (χ1n) is 6.08. The van der Waals surface area contributed by atoms with E-state index in [1.54, 1.807) is 13.0 Å². The zero-order valence-electron chi connectivity index (χ0n) is 11.1. The van der Waals surface area contributed by atoms with Crippen molar-refractivity contribution in [2.45, 2.75) is 13.5 Å². The first-order valence-corrected chi connectivity index (χ1v) is 6.08. The molecule has 0 heterocycles. The van der Waals surface area contributed by atoms with Gasteiger partial charge in [0.15, 0.2) is 0 Å². The van der Waals surface area contributed by atoms with Crippen LogP contribution in [0.5, 0.6) is 5.75 Å². The summed E-state index contributed by atoms with van der Waals surface area (Å²) >= 11 is 0. The lowest BCUT2D eigenvalue weighted by atomic mass is 10.1. The highest BCUT2D eigenvalue weighted by Crippen LogP contribution is 2.19. The van der Waals surface area contributed by atoms with Crippen molar-refractivity contribution in [3.63, 3.8) is 0 Å². The van der Waals surface area contributed by atoms with Gasteiger partial charge in [0.25, 0.3) is 5.91 Å². The van der Waals surface area contributed by atoms with Gasteiger partial charge in [0.1, 0.15) is 11.6 Å². The molecule has 1 N–H and O–H groups in total. The Bertz CT molecular complexity index is 642. The quantitative estimate of drug-likeness (QED) is 0.926. The number of hydrogen-bond acceptors (Lipinski definition) is 2. The van der Waals surface area contributed by atoms with Crippen LogP contribution in [0.3, 0.4) is 0 Å². The van der Waals surface area contributed by atoms with E-state index in [-0.39, 0.29) is 11.3 Å². The molecule has 2 aromatic carbocycles. The van der Waals surface area contributed by atoms with Crippen LogP contribution in [0.25, 0.3) is 0 Å². The van der Waals surface area contributed by atoms with Gasteiger partial charge in [-0.25, -0.2) is 4.39 Å². The number of carbonyl (C=O) groups excluding carboxylic acids is 1. The van der Waals surface area contributed by atoms with Gasteiger partial charge in [-0.1, -0.05) is 6.07 Å². The van der Waals surface area contributed by atoms with E-state index in [1.807, 2.05) is 0 Å². The lowest BCUT2D eigenvalue weighted by molar-refractivity contribution is -0.0498. The van der Waals surface area contributed by atoms with E-state index in [4.69, 9.17) is 0 Å². The number of anilines is 1. The molecule has 0 saturated heterocycles. The molecule has 0 aliphatic carbocycles. The Labute approximate surface area is 119 Å². The summed E-state index contributed by atoms with van der Waals surface area (Å²) in [6.45, 7) is -1.19. The first-order chi connectivity index (χ1) is 9.95. The van der Waals surface area contributed by atoms with Gasteiger partial charge in [-0.2, -0.15) is 8.78 Å². The molecule has 1 amide bonds. The van der Waals surface area contributed by atoms with Crippen molar-refractivity contribution in [2.24, 2.45) is 0 Å². The van der Waals surface area contributed by atoms with Gasteiger partial charge in [0, 0.05) is 11.3 Å². The van der Waals surface area contributed by atoms with Crippen molar-refractivity contribution >= 4 is 11.6 Å². The van der Waals surface area contributed by atoms with E-state index in [9.17, 15) is 18.0 Å². The highest BCUT2D eigenvalue weighted by atomic mass is 19.3. The topological polar surface area (TPSA) is 38.3 Å². The van der Waals surface area contributed by atoms with Crippen molar-refractivity contribution in [3.05, 3.63) is 59.4 Å². The van der Waals surface area contributed by atoms with Crippen LogP contribution in [0.4, 0.5) is 18.9 Å². The van der Waals surface area contributed by atoms with Crippen molar-refractivity contribution < 1.29 is 22.7 Å². The monoisotopic (exact) mass is 295 g/mol. The molecule has 0 bridgehead atoms. The molecule has 0 unspecified atom stereocenters.